The maximum Gasteiger partial charge on any atom is 0.244 e. The van der Waals surface area contributed by atoms with Crippen LogP contribution in [0.2, 0.25) is 0 Å². The number of hydrogen-bond donors (Lipinski definition) is 2. The lowest BCUT2D eigenvalue weighted by molar-refractivity contribution is -0.121. The third kappa shape index (κ3) is 4.02. The summed E-state index contributed by atoms with van der Waals surface area (Å²) >= 11 is 2.70. The molecule has 28 heavy (non-hydrogen) atoms. The molecule has 0 fully saturated rings. The predicted molar refractivity (Wildman–Crippen MR) is 109 cm³/mol. The van der Waals surface area contributed by atoms with Crippen LogP contribution in [0.3, 0.4) is 0 Å². The van der Waals surface area contributed by atoms with Gasteiger partial charge in [0.25, 0.3) is 0 Å². The number of para-hydroxylation sites is 2. The molecular formula is C18H17N5O3S2. The van der Waals surface area contributed by atoms with E-state index in [0.717, 1.165) is 5.76 Å². The number of aromatic nitrogens is 2. The molecule has 1 aromatic carbocycles. The monoisotopic (exact) mass is 415 g/mol. The summed E-state index contributed by atoms with van der Waals surface area (Å²) in [4.78, 5) is 26.4. The van der Waals surface area contributed by atoms with Gasteiger partial charge in [0.15, 0.2) is 4.34 Å². The van der Waals surface area contributed by atoms with E-state index in [1.54, 1.807) is 19.3 Å². The number of nitrogens with zero attached hydrogens (tertiary/aromatic N) is 3. The predicted octanol–water partition coefficient (Wildman–Crippen LogP) is 3.21. The number of furan rings is 1. The second-order valence-corrected chi connectivity index (χ2v) is 8.62. The number of nitrogens with one attached hydrogen (secondary N) is 2. The van der Waals surface area contributed by atoms with Crippen molar-refractivity contribution in [1.29, 1.82) is 0 Å². The number of hydrogen-bond acceptors (Lipinski definition) is 8. The Labute approximate surface area is 169 Å². The van der Waals surface area contributed by atoms with E-state index in [4.69, 9.17) is 4.42 Å². The number of anilines is 3. The zero-order valence-electron chi connectivity index (χ0n) is 14.9. The Morgan fingerprint density at radius 3 is 3.04 bits per heavy atom. The molecule has 1 aliphatic heterocycles. The molecule has 2 amide bonds. The second-order valence-electron chi connectivity index (χ2n) is 6.06. The SMILES string of the molecule is C[C@@H](Sc1nnc(NCc2ccco2)s1)C(=O)N1CC(=O)Nc2ccccc21. The smallest absolute Gasteiger partial charge is 0.244 e. The van der Waals surface area contributed by atoms with Crippen LogP contribution in [0.4, 0.5) is 16.5 Å². The third-order valence-electron chi connectivity index (χ3n) is 4.06. The Bertz CT molecular complexity index is 989. The minimum Gasteiger partial charge on any atom is -0.467 e. The lowest BCUT2D eigenvalue weighted by atomic mass is 10.2. The Morgan fingerprint density at radius 1 is 1.36 bits per heavy atom. The normalized spacial score (nSPS) is 14.3. The van der Waals surface area contributed by atoms with Crippen molar-refractivity contribution < 1.29 is 14.0 Å². The van der Waals surface area contributed by atoms with Crippen molar-refractivity contribution in [2.75, 3.05) is 22.1 Å². The first-order chi connectivity index (χ1) is 13.6. The molecule has 10 heteroatoms. The van der Waals surface area contributed by atoms with Gasteiger partial charge in [-0.05, 0) is 31.2 Å². The second kappa shape index (κ2) is 8.03. The van der Waals surface area contributed by atoms with Gasteiger partial charge in [0.05, 0.1) is 29.4 Å². The molecule has 0 aliphatic carbocycles. The quantitative estimate of drug-likeness (QED) is 0.596. The first-order valence-corrected chi connectivity index (χ1v) is 10.3. The Balaban J connectivity index is 1.40. The van der Waals surface area contributed by atoms with E-state index in [1.807, 2.05) is 30.3 Å². The van der Waals surface area contributed by atoms with Crippen LogP contribution in [0.15, 0.2) is 51.4 Å². The molecule has 4 rings (SSSR count). The summed E-state index contributed by atoms with van der Waals surface area (Å²) < 4.78 is 5.95. The van der Waals surface area contributed by atoms with Gasteiger partial charge in [0.2, 0.25) is 16.9 Å². The number of amides is 2. The fourth-order valence-electron chi connectivity index (χ4n) is 2.76. The average molecular weight is 416 g/mol. The van der Waals surface area contributed by atoms with Gasteiger partial charge in [-0.15, -0.1) is 10.2 Å². The van der Waals surface area contributed by atoms with E-state index in [9.17, 15) is 9.59 Å². The van der Waals surface area contributed by atoms with Gasteiger partial charge in [-0.3, -0.25) is 14.5 Å². The minimum atomic E-state index is -0.412. The van der Waals surface area contributed by atoms with Crippen LogP contribution in [0.1, 0.15) is 12.7 Å². The molecule has 3 heterocycles. The first kappa shape index (κ1) is 18.5. The summed E-state index contributed by atoms with van der Waals surface area (Å²) in [5, 5.41) is 14.4. The lowest BCUT2D eigenvalue weighted by Gasteiger charge is -2.30. The van der Waals surface area contributed by atoms with E-state index in [1.165, 1.54) is 28.0 Å². The van der Waals surface area contributed by atoms with Crippen molar-refractivity contribution in [3.63, 3.8) is 0 Å². The number of fused-ring (bicyclic) bond motifs is 1. The lowest BCUT2D eigenvalue weighted by Crippen LogP contribution is -2.45. The maximum atomic E-state index is 13.0. The molecule has 0 saturated heterocycles. The Hall–Kier alpha value is -2.85. The zero-order chi connectivity index (χ0) is 19.5. The van der Waals surface area contributed by atoms with E-state index in [0.29, 0.717) is 27.4 Å². The summed E-state index contributed by atoms with van der Waals surface area (Å²) in [6, 6.07) is 11.0. The van der Waals surface area contributed by atoms with E-state index in [2.05, 4.69) is 20.8 Å². The van der Waals surface area contributed by atoms with Gasteiger partial charge >= 0.3 is 0 Å². The van der Waals surface area contributed by atoms with Crippen LogP contribution in [0.25, 0.3) is 0 Å². The van der Waals surface area contributed by atoms with Crippen LogP contribution >= 0.6 is 23.1 Å². The van der Waals surface area contributed by atoms with Crippen molar-refractivity contribution in [3.05, 3.63) is 48.4 Å². The van der Waals surface area contributed by atoms with Crippen LogP contribution in [0, 0.1) is 0 Å². The minimum absolute atomic E-state index is 0.00676. The van der Waals surface area contributed by atoms with Gasteiger partial charge < -0.3 is 15.1 Å². The molecule has 144 valence electrons. The molecule has 0 saturated carbocycles. The maximum absolute atomic E-state index is 13.0. The van der Waals surface area contributed by atoms with Crippen molar-refractivity contribution >= 4 is 51.4 Å². The topological polar surface area (TPSA) is 100 Å². The molecule has 0 unspecified atom stereocenters. The third-order valence-corrected chi connectivity index (χ3v) is 6.12. The van der Waals surface area contributed by atoms with Gasteiger partial charge in [0.1, 0.15) is 12.3 Å². The number of benzene rings is 1. The highest BCUT2D eigenvalue weighted by Crippen LogP contribution is 2.34. The van der Waals surface area contributed by atoms with Crippen molar-refractivity contribution in [1.82, 2.24) is 10.2 Å². The molecule has 0 spiro atoms. The average Bonchev–Trinajstić information content (AvgIpc) is 3.37. The summed E-state index contributed by atoms with van der Waals surface area (Å²) in [5.74, 6) is 0.451. The van der Waals surface area contributed by atoms with E-state index in [-0.39, 0.29) is 18.4 Å². The number of carbonyl (C=O) groups excluding carboxylic acids is 2. The molecule has 2 aromatic heterocycles. The van der Waals surface area contributed by atoms with Crippen LogP contribution in [0.5, 0.6) is 0 Å². The van der Waals surface area contributed by atoms with E-state index >= 15 is 0 Å². The summed E-state index contributed by atoms with van der Waals surface area (Å²) in [6.07, 6.45) is 1.62. The first-order valence-electron chi connectivity index (χ1n) is 8.57. The van der Waals surface area contributed by atoms with Gasteiger partial charge in [0, 0.05) is 0 Å². The highest BCUT2D eigenvalue weighted by molar-refractivity contribution is 8.02. The summed E-state index contributed by atoms with van der Waals surface area (Å²) in [6.45, 7) is 2.33. The standard InChI is InChI=1S/C18H17N5O3S2/c1-11(16(25)23-10-15(24)20-13-6-2-3-7-14(13)23)27-18-22-21-17(28-18)19-9-12-5-4-8-26-12/h2-8,11H,9-10H2,1H3,(H,19,21)(H,20,24)/t11-/m1/s1. The molecule has 2 N–H and O–H groups in total. The van der Waals surface area contributed by atoms with Crippen LogP contribution in [-0.2, 0) is 16.1 Å². The zero-order valence-corrected chi connectivity index (χ0v) is 16.5. The van der Waals surface area contributed by atoms with Crippen molar-refractivity contribution in [2.24, 2.45) is 0 Å². The summed E-state index contributed by atoms with van der Waals surface area (Å²) in [7, 11) is 0. The Morgan fingerprint density at radius 2 is 2.21 bits per heavy atom. The molecule has 0 bridgehead atoms. The van der Waals surface area contributed by atoms with Crippen molar-refractivity contribution in [3.8, 4) is 0 Å². The van der Waals surface area contributed by atoms with Crippen molar-refractivity contribution in [2.45, 2.75) is 23.1 Å². The molecule has 1 aliphatic rings. The van der Waals surface area contributed by atoms with Gasteiger partial charge in [-0.1, -0.05) is 35.2 Å². The number of thioether (sulfide) groups is 1. The largest absolute Gasteiger partial charge is 0.467 e. The molecule has 0 radical (unpaired) electrons. The highest BCUT2D eigenvalue weighted by Gasteiger charge is 2.30. The molecule has 8 nitrogen and oxygen atoms in total. The van der Waals surface area contributed by atoms with Crippen LogP contribution < -0.4 is 15.5 Å². The molecule has 1 atom stereocenters. The molecule has 3 aromatic rings. The molecular weight excluding hydrogens is 398 g/mol. The van der Waals surface area contributed by atoms with Gasteiger partial charge in [-0.25, -0.2) is 0 Å². The van der Waals surface area contributed by atoms with E-state index < -0.39 is 5.25 Å². The number of carbonyl (C=O) groups is 2. The fraction of sp³-hybridized carbons (Fsp3) is 0.222. The van der Waals surface area contributed by atoms with Crippen LogP contribution in [-0.4, -0.2) is 33.8 Å². The Kier molecular flexibility index (Phi) is 5.31. The van der Waals surface area contributed by atoms with Gasteiger partial charge in [-0.2, -0.15) is 0 Å². The number of rotatable bonds is 6. The summed E-state index contributed by atoms with van der Waals surface area (Å²) in [5.41, 5.74) is 1.35. The fourth-order valence-corrected chi connectivity index (χ4v) is 4.71. The highest BCUT2D eigenvalue weighted by atomic mass is 32.2.